The Hall–Kier alpha value is -1.55. The van der Waals surface area contributed by atoms with E-state index in [1.54, 1.807) is 7.11 Å². The molecule has 4 nitrogen and oxygen atoms in total. The van der Waals surface area contributed by atoms with E-state index in [9.17, 15) is 4.79 Å². The van der Waals surface area contributed by atoms with E-state index >= 15 is 0 Å². The topological polar surface area (TPSA) is 50.4 Å². The predicted octanol–water partition coefficient (Wildman–Crippen LogP) is 2.27. The molecule has 4 heteroatoms. The average Bonchev–Trinajstić information content (AvgIpc) is 3.24. The number of benzene rings is 1. The second kappa shape index (κ2) is 6.57. The maximum Gasteiger partial charge on any atom is 0.251 e. The van der Waals surface area contributed by atoms with Gasteiger partial charge in [0.1, 0.15) is 0 Å². The summed E-state index contributed by atoms with van der Waals surface area (Å²) in [5, 5.41) is 6.27. The number of rotatable bonds is 7. The number of nitrogens with one attached hydrogen (secondary N) is 2. The van der Waals surface area contributed by atoms with Crippen molar-refractivity contribution in [2.45, 2.75) is 25.8 Å². The Morgan fingerprint density at radius 2 is 2.05 bits per heavy atom. The molecule has 1 aliphatic carbocycles. The molecule has 0 radical (unpaired) electrons. The van der Waals surface area contributed by atoms with E-state index in [-0.39, 0.29) is 5.91 Å². The Balaban J connectivity index is 1.95. The van der Waals surface area contributed by atoms with Crippen molar-refractivity contribution >= 4 is 11.6 Å². The highest BCUT2D eigenvalue weighted by Crippen LogP contribution is 2.34. The largest absolute Gasteiger partial charge is 0.383 e. The van der Waals surface area contributed by atoms with Gasteiger partial charge in [-0.1, -0.05) is 0 Å². The molecule has 0 bridgehead atoms. The van der Waals surface area contributed by atoms with Crippen LogP contribution in [-0.2, 0) is 4.74 Å². The summed E-state index contributed by atoms with van der Waals surface area (Å²) in [5.41, 5.74) is 1.74. The molecule has 1 aliphatic rings. The van der Waals surface area contributed by atoms with Crippen LogP contribution in [0.2, 0.25) is 0 Å². The Kier molecular flexibility index (Phi) is 4.80. The third-order valence-electron chi connectivity index (χ3n) is 3.37. The summed E-state index contributed by atoms with van der Waals surface area (Å²) in [7, 11) is 1.73. The summed E-state index contributed by atoms with van der Waals surface area (Å²) < 4.78 is 5.24. The van der Waals surface area contributed by atoms with Crippen molar-refractivity contribution in [3.05, 3.63) is 29.8 Å². The Labute approximate surface area is 114 Å². The minimum atomic E-state index is -0.0234. The highest BCUT2D eigenvalue weighted by Gasteiger charge is 2.31. The predicted molar refractivity (Wildman–Crippen MR) is 76.5 cm³/mol. The fourth-order valence-electron chi connectivity index (χ4n) is 2.17. The molecule has 19 heavy (non-hydrogen) atoms. The van der Waals surface area contributed by atoms with Crippen LogP contribution < -0.4 is 10.6 Å². The SMILES string of the molecule is CCNC(=O)c1ccc(NC(COC)C2CC2)cc1. The lowest BCUT2D eigenvalue weighted by Crippen LogP contribution is -2.27. The van der Waals surface area contributed by atoms with Crippen LogP contribution in [-0.4, -0.2) is 32.2 Å². The average molecular weight is 262 g/mol. The molecule has 0 heterocycles. The summed E-state index contributed by atoms with van der Waals surface area (Å²) in [4.78, 5) is 11.6. The van der Waals surface area contributed by atoms with Crippen LogP contribution in [0, 0.1) is 5.92 Å². The Morgan fingerprint density at radius 1 is 1.37 bits per heavy atom. The molecule has 2 N–H and O–H groups in total. The summed E-state index contributed by atoms with van der Waals surface area (Å²) in [6.45, 7) is 3.29. The van der Waals surface area contributed by atoms with E-state index in [4.69, 9.17) is 4.74 Å². The first-order chi connectivity index (χ1) is 9.24. The standard InChI is InChI=1S/C15H22N2O2/c1-3-16-15(18)12-6-8-13(9-7-12)17-14(10-19-2)11-4-5-11/h6-9,11,14,17H,3-5,10H2,1-2H3,(H,16,18). The first-order valence-corrected chi connectivity index (χ1v) is 6.88. The highest BCUT2D eigenvalue weighted by molar-refractivity contribution is 5.94. The zero-order valence-electron chi connectivity index (χ0n) is 11.6. The van der Waals surface area contributed by atoms with E-state index in [1.807, 2.05) is 31.2 Å². The van der Waals surface area contributed by atoms with Gasteiger partial charge in [-0.2, -0.15) is 0 Å². The molecular formula is C15H22N2O2. The van der Waals surface area contributed by atoms with Gasteiger partial charge in [0, 0.05) is 24.9 Å². The fourth-order valence-corrected chi connectivity index (χ4v) is 2.17. The second-order valence-electron chi connectivity index (χ2n) is 4.98. The van der Waals surface area contributed by atoms with Crippen molar-refractivity contribution in [1.29, 1.82) is 0 Å². The van der Waals surface area contributed by atoms with E-state index in [0.717, 1.165) is 18.2 Å². The minimum Gasteiger partial charge on any atom is -0.383 e. The monoisotopic (exact) mass is 262 g/mol. The molecule has 0 spiro atoms. The molecule has 0 aromatic heterocycles. The maximum absolute atomic E-state index is 11.6. The van der Waals surface area contributed by atoms with Crippen molar-refractivity contribution in [2.75, 3.05) is 25.6 Å². The number of methoxy groups -OCH3 is 1. The van der Waals surface area contributed by atoms with Crippen LogP contribution in [0.4, 0.5) is 5.69 Å². The molecule has 0 saturated heterocycles. The molecular weight excluding hydrogens is 240 g/mol. The number of hydrogen-bond acceptors (Lipinski definition) is 3. The fraction of sp³-hybridized carbons (Fsp3) is 0.533. The lowest BCUT2D eigenvalue weighted by molar-refractivity contribution is 0.0956. The third-order valence-corrected chi connectivity index (χ3v) is 3.37. The van der Waals surface area contributed by atoms with Crippen molar-refractivity contribution in [3.63, 3.8) is 0 Å². The number of carbonyl (C=O) groups excluding carboxylic acids is 1. The molecule has 2 rings (SSSR count). The van der Waals surface area contributed by atoms with Gasteiger partial charge in [0.05, 0.1) is 12.6 Å². The lowest BCUT2D eigenvalue weighted by atomic mass is 10.1. The molecule has 1 amide bonds. The van der Waals surface area contributed by atoms with Gasteiger partial charge >= 0.3 is 0 Å². The number of carbonyl (C=O) groups is 1. The minimum absolute atomic E-state index is 0.0234. The first kappa shape index (κ1) is 13.9. The third kappa shape index (κ3) is 3.96. The van der Waals surface area contributed by atoms with Crippen molar-refractivity contribution in [3.8, 4) is 0 Å². The van der Waals surface area contributed by atoms with Gasteiger partial charge in [-0.25, -0.2) is 0 Å². The number of amides is 1. The van der Waals surface area contributed by atoms with Gasteiger partial charge < -0.3 is 15.4 Å². The number of anilines is 1. The molecule has 1 unspecified atom stereocenters. The Bertz CT molecular complexity index is 413. The molecule has 1 fully saturated rings. The molecule has 1 atom stereocenters. The molecule has 0 aliphatic heterocycles. The van der Waals surface area contributed by atoms with Gasteiger partial charge in [0.15, 0.2) is 0 Å². The zero-order chi connectivity index (χ0) is 13.7. The maximum atomic E-state index is 11.6. The van der Waals surface area contributed by atoms with Crippen LogP contribution in [0.5, 0.6) is 0 Å². The van der Waals surface area contributed by atoms with Crippen LogP contribution in [0.25, 0.3) is 0 Å². The van der Waals surface area contributed by atoms with Crippen molar-refractivity contribution < 1.29 is 9.53 Å². The van der Waals surface area contributed by atoms with Crippen molar-refractivity contribution in [2.24, 2.45) is 5.92 Å². The summed E-state index contributed by atoms with van der Waals surface area (Å²) in [6, 6.07) is 7.99. The van der Waals surface area contributed by atoms with Gasteiger partial charge in [-0.05, 0) is 49.9 Å². The van der Waals surface area contributed by atoms with Crippen LogP contribution in [0.3, 0.4) is 0 Å². The van der Waals surface area contributed by atoms with E-state index in [0.29, 0.717) is 18.2 Å². The second-order valence-corrected chi connectivity index (χ2v) is 4.98. The van der Waals surface area contributed by atoms with E-state index in [2.05, 4.69) is 10.6 Å². The first-order valence-electron chi connectivity index (χ1n) is 6.88. The highest BCUT2D eigenvalue weighted by atomic mass is 16.5. The van der Waals surface area contributed by atoms with Crippen LogP contribution in [0.1, 0.15) is 30.1 Å². The van der Waals surface area contributed by atoms with Crippen molar-refractivity contribution in [1.82, 2.24) is 5.32 Å². The number of ether oxygens (including phenoxy) is 1. The van der Waals surface area contributed by atoms with Gasteiger partial charge in [0.2, 0.25) is 0 Å². The summed E-state index contributed by atoms with van der Waals surface area (Å²) >= 11 is 0. The number of hydrogen-bond donors (Lipinski definition) is 2. The quantitative estimate of drug-likeness (QED) is 0.792. The lowest BCUT2D eigenvalue weighted by Gasteiger charge is -2.18. The molecule has 1 aromatic rings. The summed E-state index contributed by atoms with van der Waals surface area (Å²) in [6.07, 6.45) is 2.55. The van der Waals surface area contributed by atoms with Gasteiger partial charge in [0.25, 0.3) is 5.91 Å². The van der Waals surface area contributed by atoms with E-state index in [1.165, 1.54) is 12.8 Å². The summed E-state index contributed by atoms with van der Waals surface area (Å²) in [5.74, 6) is 0.702. The molecule has 1 aromatic carbocycles. The normalized spacial score (nSPS) is 15.9. The molecule has 1 saturated carbocycles. The zero-order valence-corrected chi connectivity index (χ0v) is 11.6. The van der Waals surface area contributed by atoms with E-state index < -0.39 is 0 Å². The Morgan fingerprint density at radius 3 is 2.58 bits per heavy atom. The van der Waals surface area contributed by atoms with Crippen LogP contribution >= 0.6 is 0 Å². The van der Waals surface area contributed by atoms with Gasteiger partial charge in [-0.15, -0.1) is 0 Å². The smallest absolute Gasteiger partial charge is 0.251 e. The molecule has 104 valence electrons. The van der Waals surface area contributed by atoms with Gasteiger partial charge in [-0.3, -0.25) is 4.79 Å². The van der Waals surface area contributed by atoms with Crippen LogP contribution in [0.15, 0.2) is 24.3 Å².